The number of carboxylic acid groups (broad SMARTS) is 1. The van der Waals surface area contributed by atoms with Crippen molar-refractivity contribution in [3.05, 3.63) is 35.1 Å². The van der Waals surface area contributed by atoms with Gasteiger partial charge in [-0.25, -0.2) is 4.39 Å². The van der Waals surface area contributed by atoms with E-state index >= 15 is 0 Å². The van der Waals surface area contributed by atoms with Gasteiger partial charge in [0, 0.05) is 0 Å². The first-order valence-electron chi connectivity index (χ1n) is 7.26. The van der Waals surface area contributed by atoms with Gasteiger partial charge in [0.1, 0.15) is 5.82 Å². The van der Waals surface area contributed by atoms with Crippen molar-refractivity contribution in [1.82, 2.24) is 0 Å². The van der Waals surface area contributed by atoms with Crippen molar-refractivity contribution in [3.8, 4) is 0 Å². The number of rotatable bonds is 3. The van der Waals surface area contributed by atoms with Crippen molar-refractivity contribution in [1.29, 1.82) is 0 Å². The zero-order valence-corrected chi connectivity index (χ0v) is 12.4. The van der Waals surface area contributed by atoms with Crippen LogP contribution in [0.5, 0.6) is 0 Å². The molecule has 2 atom stereocenters. The number of benzene rings is 1. The lowest BCUT2D eigenvalue weighted by Gasteiger charge is -2.39. The highest BCUT2D eigenvalue weighted by Crippen LogP contribution is 2.43. The van der Waals surface area contributed by atoms with Crippen LogP contribution >= 0.6 is 0 Å². The summed E-state index contributed by atoms with van der Waals surface area (Å²) < 4.78 is 13.4. The van der Waals surface area contributed by atoms with Crippen LogP contribution in [0.15, 0.2) is 18.2 Å². The molecule has 2 unspecified atom stereocenters. The molecule has 1 aromatic carbocycles. The molecule has 0 saturated heterocycles. The molecule has 3 heteroatoms. The van der Waals surface area contributed by atoms with E-state index in [9.17, 15) is 14.3 Å². The number of carbonyl (C=O) groups is 1. The van der Waals surface area contributed by atoms with E-state index in [0.717, 1.165) is 30.4 Å². The van der Waals surface area contributed by atoms with Crippen molar-refractivity contribution in [2.24, 2.45) is 17.3 Å². The zero-order chi connectivity index (χ0) is 14.9. The number of aryl methyl sites for hydroxylation is 1. The molecule has 1 aliphatic rings. The Balaban J connectivity index is 2.23. The predicted octanol–water partition coefficient (Wildman–Crippen LogP) is 4.20. The smallest absolute Gasteiger partial charge is 0.306 e. The third-order valence-electron chi connectivity index (χ3n) is 4.63. The van der Waals surface area contributed by atoms with Gasteiger partial charge in [-0.3, -0.25) is 4.79 Å². The van der Waals surface area contributed by atoms with E-state index in [4.69, 9.17) is 0 Å². The topological polar surface area (TPSA) is 37.3 Å². The van der Waals surface area contributed by atoms with Gasteiger partial charge in [0.05, 0.1) is 5.92 Å². The molecule has 0 amide bonds. The molecule has 0 aliphatic heterocycles. The summed E-state index contributed by atoms with van der Waals surface area (Å²) in [6.07, 6.45) is 3.22. The number of hydrogen-bond acceptors (Lipinski definition) is 1. The third kappa shape index (κ3) is 3.38. The third-order valence-corrected chi connectivity index (χ3v) is 4.63. The second-order valence-electron chi connectivity index (χ2n) is 6.89. The van der Waals surface area contributed by atoms with Gasteiger partial charge in [-0.15, -0.1) is 0 Å². The maximum absolute atomic E-state index is 13.4. The SMILES string of the molecule is Cc1ccc(F)cc1CC1CC(C)(C)CCC1C(=O)O. The first-order chi connectivity index (χ1) is 9.28. The molecule has 1 aromatic rings. The first kappa shape index (κ1) is 15.0. The van der Waals surface area contributed by atoms with Gasteiger partial charge >= 0.3 is 5.97 Å². The second kappa shape index (κ2) is 5.55. The average molecular weight is 278 g/mol. The van der Waals surface area contributed by atoms with Crippen molar-refractivity contribution in [3.63, 3.8) is 0 Å². The summed E-state index contributed by atoms with van der Waals surface area (Å²) in [7, 11) is 0. The fraction of sp³-hybridized carbons (Fsp3) is 0.588. The molecule has 0 radical (unpaired) electrons. The Labute approximate surface area is 120 Å². The van der Waals surface area contributed by atoms with E-state index in [1.54, 1.807) is 12.1 Å². The highest BCUT2D eigenvalue weighted by molar-refractivity contribution is 5.70. The molecular formula is C17H23FO2. The van der Waals surface area contributed by atoms with E-state index in [2.05, 4.69) is 13.8 Å². The quantitative estimate of drug-likeness (QED) is 0.899. The normalized spacial score (nSPS) is 25.4. The molecule has 1 aliphatic carbocycles. The number of hydrogen-bond donors (Lipinski definition) is 1. The molecule has 110 valence electrons. The molecule has 2 rings (SSSR count). The van der Waals surface area contributed by atoms with Gasteiger partial charge in [0.2, 0.25) is 0 Å². The van der Waals surface area contributed by atoms with Crippen LogP contribution in [0.1, 0.15) is 44.2 Å². The molecule has 0 heterocycles. The lowest BCUT2D eigenvalue weighted by Crippen LogP contribution is -2.35. The molecule has 2 nitrogen and oxygen atoms in total. The number of aliphatic carboxylic acids is 1. The van der Waals surface area contributed by atoms with Crippen LogP contribution in [0.25, 0.3) is 0 Å². The monoisotopic (exact) mass is 278 g/mol. The van der Waals surface area contributed by atoms with Gasteiger partial charge in [-0.1, -0.05) is 19.9 Å². The Morgan fingerprint density at radius 2 is 2.15 bits per heavy atom. The van der Waals surface area contributed by atoms with Gasteiger partial charge in [0.15, 0.2) is 0 Å². The van der Waals surface area contributed by atoms with Crippen LogP contribution in [0.3, 0.4) is 0 Å². The average Bonchev–Trinajstić information content (AvgIpc) is 2.32. The van der Waals surface area contributed by atoms with Crippen LogP contribution in [-0.2, 0) is 11.2 Å². The fourth-order valence-electron chi connectivity index (χ4n) is 3.42. The molecule has 0 aromatic heterocycles. The van der Waals surface area contributed by atoms with Crippen LogP contribution in [0, 0.1) is 30.0 Å². The largest absolute Gasteiger partial charge is 0.481 e. The second-order valence-corrected chi connectivity index (χ2v) is 6.89. The molecule has 0 bridgehead atoms. The predicted molar refractivity (Wildman–Crippen MR) is 77.1 cm³/mol. The summed E-state index contributed by atoms with van der Waals surface area (Å²) in [6.45, 7) is 6.34. The number of carboxylic acids is 1. The van der Waals surface area contributed by atoms with Crippen LogP contribution < -0.4 is 0 Å². The zero-order valence-electron chi connectivity index (χ0n) is 12.4. The van der Waals surface area contributed by atoms with Crippen LogP contribution in [0.2, 0.25) is 0 Å². The van der Waals surface area contributed by atoms with Gasteiger partial charge in [0.25, 0.3) is 0 Å². The van der Waals surface area contributed by atoms with Gasteiger partial charge < -0.3 is 5.11 Å². The summed E-state index contributed by atoms with van der Waals surface area (Å²) in [4.78, 5) is 11.4. The molecule has 0 spiro atoms. The maximum atomic E-state index is 13.4. The van der Waals surface area contributed by atoms with E-state index in [0.29, 0.717) is 6.42 Å². The van der Waals surface area contributed by atoms with E-state index in [1.165, 1.54) is 6.07 Å². The Kier molecular flexibility index (Phi) is 4.17. The van der Waals surface area contributed by atoms with Crippen molar-refractivity contribution >= 4 is 5.97 Å². The molecular weight excluding hydrogens is 255 g/mol. The molecule has 1 saturated carbocycles. The minimum Gasteiger partial charge on any atom is -0.481 e. The van der Waals surface area contributed by atoms with Crippen molar-refractivity contribution < 1.29 is 14.3 Å². The van der Waals surface area contributed by atoms with E-state index in [1.807, 2.05) is 6.92 Å². The van der Waals surface area contributed by atoms with E-state index in [-0.39, 0.29) is 23.1 Å². The van der Waals surface area contributed by atoms with Crippen molar-refractivity contribution in [2.45, 2.75) is 46.5 Å². The highest BCUT2D eigenvalue weighted by atomic mass is 19.1. The summed E-state index contributed by atoms with van der Waals surface area (Å²) in [5, 5.41) is 9.41. The highest BCUT2D eigenvalue weighted by Gasteiger charge is 2.38. The minimum absolute atomic E-state index is 0.0942. The summed E-state index contributed by atoms with van der Waals surface area (Å²) in [5.41, 5.74) is 2.16. The summed E-state index contributed by atoms with van der Waals surface area (Å²) >= 11 is 0. The molecule has 1 N–H and O–H groups in total. The van der Waals surface area contributed by atoms with Crippen LogP contribution in [-0.4, -0.2) is 11.1 Å². The first-order valence-corrected chi connectivity index (χ1v) is 7.26. The Bertz CT molecular complexity index is 508. The Morgan fingerprint density at radius 3 is 2.80 bits per heavy atom. The summed E-state index contributed by atoms with van der Waals surface area (Å²) in [5.74, 6) is -1.16. The van der Waals surface area contributed by atoms with Crippen LogP contribution in [0.4, 0.5) is 4.39 Å². The lowest BCUT2D eigenvalue weighted by atomic mass is 9.65. The summed E-state index contributed by atoms with van der Waals surface area (Å²) in [6, 6.07) is 4.78. The number of halogens is 1. The lowest BCUT2D eigenvalue weighted by molar-refractivity contribution is -0.146. The van der Waals surface area contributed by atoms with Gasteiger partial charge in [-0.05, 0) is 67.2 Å². The fourth-order valence-corrected chi connectivity index (χ4v) is 3.42. The Morgan fingerprint density at radius 1 is 1.45 bits per heavy atom. The Hall–Kier alpha value is -1.38. The molecule has 1 fully saturated rings. The van der Waals surface area contributed by atoms with Crippen molar-refractivity contribution in [2.75, 3.05) is 0 Å². The molecule has 20 heavy (non-hydrogen) atoms. The minimum atomic E-state index is -0.709. The standard InChI is InChI=1S/C17H23FO2/c1-11-4-5-14(18)9-12(11)8-13-10-17(2,3)7-6-15(13)16(19)20/h4-5,9,13,15H,6-8,10H2,1-3H3,(H,19,20). The van der Waals surface area contributed by atoms with E-state index < -0.39 is 5.97 Å². The van der Waals surface area contributed by atoms with Gasteiger partial charge in [-0.2, -0.15) is 0 Å². The maximum Gasteiger partial charge on any atom is 0.306 e.